The fraction of sp³-hybridized carbons (Fsp3) is 0.571. The van der Waals surface area contributed by atoms with Crippen LogP contribution in [0.4, 0.5) is 0 Å². The molecule has 1 saturated heterocycles. The van der Waals surface area contributed by atoms with Crippen molar-refractivity contribution in [1.29, 1.82) is 0 Å². The Labute approximate surface area is 124 Å². The van der Waals surface area contributed by atoms with E-state index in [4.69, 9.17) is 16.3 Å². The first-order valence-electron chi connectivity index (χ1n) is 6.69. The second-order valence-corrected chi connectivity index (χ2v) is 5.75. The predicted molar refractivity (Wildman–Crippen MR) is 78.0 cm³/mol. The fourth-order valence-electron chi connectivity index (χ4n) is 2.36. The second kappa shape index (κ2) is 7.02. The van der Waals surface area contributed by atoms with Crippen molar-refractivity contribution in [2.24, 2.45) is 5.92 Å². The quantitative estimate of drug-likeness (QED) is 0.846. The van der Waals surface area contributed by atoms with Crippen molar-refractivity contribution < 1.29 is 9.53 Å². The molecule has 2 heterocycles. The van der Waals surface area contributed by atoms with E-state index in [0.717, 1.165) is 6.54 Å². The van der Waals surface area contributed by atoms with Gasteiger partial charge in [0.2, 0.25) is 0 Å². The smallest absolute Gasteiger partial charge is 0.272 e. The minimum atomic E-state index is -0.0593. The zero-order valence-electron chi connectivity index (χ0n) is 11.9. The first-order chi connectivity index (χ1) is 9.56. The molecule has 5 nitrogen and oxygen atoms in total. The van der Waals surface area contributed by atoms with Gasteiger partial charge in [-0.15, -0.1) is 0 Å². The predicted octanol–water partition coefficient (Wildman–Crippen LogP) is 1.39. The molecule has 1 aliphatic rings. The third-order valence-electron chi connectivity index (χ3n) is 3.19. The Kier molecular flexibility index (Phi) is 5.34. The van der Waals surface area contributed by atoms with E-state index in [-0.39, 0.29) is 5.91 Å². The number of nitrogens with zero attached hydrogens (tertiary/aromatic N) is 3. The summed E-state index contributed by atoms with van der Waals surface area (Å²) in [5, 5.41) is 0.534. The van der Waals surface area contributed by atoms with Gasteiger partial charge in [0, 0.05) is 31.7 Å². The molecule has 1 fully saturated rings. The first-order valence-corrected chi connectivity index (χ1v) is 7.07. The summed E-state index contributed by atoms with van der Waals surface area (Å²) in [4.78, 5) is 20.5. The summed E-state index contributed by atoms with van der Waals surface area (Å²) >= 11 is 5.80. The standard InChI is InChI=1S/C14H20ClN3O2/c1-17(2)8-11-9-18(5-6-20-10-11)14(19)13-4-3-12(15)7-16-13/h3-4,7,11H,5-6,8-10H2,1-2H3/t11-/m1/s1. The molecule has 0 unspecified atom stereocenters. The van der Waals surface area contributed by atoms with Gasteiger partial charge in [-0.05, 0) is 26.2 Å². The maximum atomic E-state index is 12.4. The van der Waals surface area contributed by atoms with Gasteiger partial charge in [-0.1, -0.05) is 11.6 Å². The molecule has 1 aromatic rings. The van der Waals surface area contributed by atoms with E-state index in [1.807, 2.05) is 19.0 Å². The van der Waals surface area contributed by atoms with Gasteiger partial charge in [0.1, 0.15) is 5.69 Å². The third kappa shape index (κ3) is 4.16. The molecule has 0 aliphatic carbocycles. The Bertz CT molecular complexity index is 450. The third-order valence-corrected chi connectivity index (χ3v) is 3.42. The summed E-state index contributed by atoms with van der Waals surface area (Å²) in [7, 11) is 4.05. The molecule has 6 heteroatoms. The van der Waals surface area contributed by atoms with Crippen molar-refractivity contribution in [2.45, 2.75) is 0 Å². The number of hydrogen-bond acceptors (Lipinski definition) is 4. The minimum absolute atomic E-state index is 0.0593. The Morgan fingerprint density at radius 1 is 1.55 bits per heavy atom. The Morgan fingerprint density at radius 2 is 2.35 bits per heavy atom. The zero-order valence-corrected chi connectivity index (χ0v) is 12.6. The Balaban J connectivity index is 2.05. The van der Waals surface area contributed by atoms with Crippen LogP contribution in [0, 0.1) is 5.92 Å². The van der Waals surface area contributed by atoms with E-state index in [1.54, 1.807) is 12.1 Å². The molecule has 0 N–H and O–H groups in total. The number of amides is 1. The summed E-state index contributed by atoms with van der Waals surface area (Å²) in [6.45, 7) is 3.46. The maximum absolute atomic E-state index is 12.4. The molecule has 20 heavy (non-hydrogen) atoms. The van der Waals surface area contributed by atoms with Crippen molar-refractivity contribution in [2.75, 3.05) is 46.9 Å². The molecule has 0 spiro atoms. The van der Waals surface area contributed by atoms with Crippen LogP contribution in [0.3, 0.4) is 0 Å². The SMILES string of the molecule is CN(C)C[C@H]1COCCN(C(=O)c2ccc(Cl)cn2)C1. The maximum Gasteiger partial charge on any atom is 0.272 e. The van der Waals surface area contributed by atoms with Crippen LogP contribution in [0.1, 0.15) is 10.5 Å². The van der Waals surface area contributed by atoms with Crippen molar-refractivity contribution in [3.63, 3.8) is 0 Å². The molecule has 1 aromatic heterocycles. The molecular weight excluding hydrogens is 278 g/mol. The highest BCUT2D eigenvalue weighted by Crippen LogP contribution is 2.13. The van der Waals surface area contributed by atoms with Crippen LogP contribution < -0.4 is 0 Å². The summed E-state index contributed by atoms with van der Waals surface area (Å²) in [6, 6.07) is 3.35. The highest BCUT2D eigenvalue weighted by Gasteiger charge is 2.24. The number of rotatable bonds is 3. The molecular formula is C14H20ClN3O2. The molecule has 1 atom stereocenters. The van der Waals surface area contributed by atoms with Gasteiger partial charge in [0.25, 0.3) is 5.91 Å². The van der Waals surface area contributed by atoms with Crippen molar-refractivity contribution in [3.05, 3.63) is 29.0 Å². The van der Waals surface area contributed by atoms with E-state index >= 15 is 0 Å². The van der Waals surface area contributed by atoms with Crippen LogP contribution in [-0.2, 0) is 4.74 Å². The van der Waals surface area contributed by atoms with E-state index in [2.05, 4.69) is 9.88 Å². The lowest BCUT2D eigenvalue weighted by Crippen LogP contribution is -2.39. The molecule has 1 aliphatic heterocycles. The van der Waals surface area contributed by atoms with E-state index in [0.29, 0.717) is 42.9 Å². The van der Waals surface area contributed by atoms with Gasteiger partial charge in [0.15, 0.2) is 0 Å². The molecule has 0 radical (unpaired) electrons. The van der Waals surface area contributed by atoms with Gasteiger partial charge < -0.3 is 14.5 Å². The lowest BCUT2D eigenvalue weighted by molar-refractivity contribution is 0.0729. The molecule has 1 amide bonds. The minimum Gasteiger partial charge on any atom is -0.379 e. The molecule has 2 rings (SSSR count). The Morgan fingerprint density at radius 3 is 3.00 bits per heavy atom. The van der Waals surface area contributed by atoms with Crippen LogP contribution in [0.25, 0.3) is 0 Å². The van der Waals surface area contributed by atoms with Gasteiger partial charge in [0.05, 0.1) is 18.2 Å². The van der Waals surface area contributed by atoms with Gasteiger partial charge in [-0.2, -0.15) is 0 Å². The van der Waals surface area contributed by atoms with Gasteiger partial charge >= 0.3 is 0 Å². The van der Waals surface area contributed by atoms with Crippen molar-refractivity contribution >= 4 is 17.5 Å². The number of ether oxygens (including phenoxy) is 1. The topological polar surface area (TPSA) is 45.7 Å². The lowest BCUT2D eigenvalue weighted by atomic mass is 10.1. The average molecular weight is 298 g/mol. The first kappa shape index (κ1) is 15.2. The summed E-state index contributed by atoms with van der Waals surface area (Å²) < 4.78 is 5.58. The largest absolute Gasteiger partial charge is 0.379 e. The number of carbonyl (C=O) groups excluding carboxylic acids is 1. The molecule has 0 saturated carbocycles. The van der Waals surface area contributed by atoms with Crippen LogP contribution in [0.5, 0.6) is 0 Å². The van der Waals surface area contributed by atoms with Crippen LogP contribution >= 0.6 is 11.6 Å². The normalized spacial score (nSPS) is 20.0. The van der Waals surface area contributed by atoms with E-state index in [9.17, 15) is 4.79 Å². The van der Waals surface area contributed by atoms with Gasteiger partial charge in [-0.25, -0.2) is 4.98 Å². The summed E-state index contributed by atoms with van der Waals surface area (Å²) in [5.41, 5.74) is 0.430. The highest BCUT2D eigenvalue weighted by atomic mass is 35.5. The zero-order chi connectivity index (χ0) is 14.5. The molecule has 110 valence electrons. The number of halogens is 1. The van der Waals surface area contributed by atoms with E-state index in [1.165, 1.54) is 6.20 Å². The fourth-order valence-corrected chi connectivity index (χ4v) is 2.47. The van der Waals surface area contributed by atoms with Crippen LogP contribution in [0.2, 0.25) is 5.02 Å². The molecule has 0 bridgehead atoms. The van der Waals surface area contributed by atoms with Gasteiger partial charge in [-0.3, -0.25) is 4.79 Å². The Hall–Kier alpha value is -1.17. The number of pyridine rings is 1. The molecule has 0 aromatic carbocycles. The number of carbonyl (C=O) groups is 1. The number of hydrogen-bond donors (Lipinski definition) is 0. The van der Waals surface area contributed by atoms with Crippen LogP contribution in [0.15, 0.2) is 18.3 Å². The van der Waals surface area contributed by atoms with Crippen molar-refractivity contribution in [3.8, 4) is 0 Å². The number of aromatic nitrogens is 1. The summed E-state index contributed by atoms with van der Waals surface area (Å²) in [6.07, 6.45) is 1.50. The average Bonchev–Trinajstić information content (AvgIpc) is 2.63. The monoisotopic (exact) mass is 297 g/mol. The van der Waals surface area contributed by atoms with Crippen LogP contribution in [-0.4, -0.2) is 67.6 Å². The lowest BCUT2D eigenvalue weighted by Gasteiger charge is -2.25. The van der Waals surface area contributed by atoms with E-state index < -0.39 is 0 Å². The second-order valence-electron chi connectivity index (χ2n) is 5.32. The summed E-state index contributed by atoms with van der Waals surface area (Å²) in [5.74, 6) is 0.264. The highest BCUT2D eigenvalue weighted by molar-refractivity contribution is 6.30. The van der Waals surface area contributed by atoms with Crippen molar-refractivity contribution in [1.82, 2.24) is 14.8 Å².